The first-order valence-electron chi connectivity index (χ1n) is 9.86. The van der Waals surface area contributed by atoms with E-state index in [0.717, 1.165) is 57.1 Å². The molecule has 0 saturated carbocycles. The van der Waals surface area contributed by atoms with Crippen LogP contribution in [0.15, 0.2) is 46.4 Å². The van der Waals surface area contributed by atoms with Crippen molar-refractivity contribution in [2.45, 2.75) is 50.1 Å². The van der Waals surface area contributed by atoms with Crippen LogP contribution in [0.2, 0.25) is 0 Å². The van der Waals surface area contributed by atoms with Gasteiger partial charge >= 0.3 is 0 Å². The molecule has 3 aromatic heterocycles. The lowest BCUT2D eigenvalue weighted by Crippen LogP contribution is -2.24. The number of fused-ring (bicyclic) bond motifs is 4. The van der Waals surface area contributed by atoms with Crippen LogP contribution >= 0.6 is 23.1 Å². The number of nitrogens with one attached hydrogen (secondary N) is 1. The van der Waals surface area contributed by atoms with Gasteiger partial charge < -0.3 is 4.98 Å². The molecule has 0 fully saturated rings. The molecule has 0 radical (unpaired) electrons. The van der Waals surface area contributed by atoms with Gasteiger partial charge in [0.15, 0.2) is 5.16 Å². The Morgan fingerprint density at radius 3 is 2.93 bits per heavy atom. The standard InChI is InChI=1S/C22H22N4OS2/c1-13(2)11-26-21(27)19-14-7-3-6-10-17(14)29-20(19)25-22(26)28-12-18-23-15-8-4-5-9-16(15)24-18/h4-5,8-9H,1,3,6-7,10-12H2,2H3,(H,23,24). The van der Waals surface area contributed by atoms with Gasteiger partial charge in [-0.15, -0.1) is 11.3 Å². The van der Waals surface area contributed by atoms with E-state index in [4.69, 9.17) is 4.98 Å². The first kappa shape index (κ1) is 18.6. The van der Waals surface area contributed by atoms with Crippen molar-refractivity contribution in [1.82, 2.24) is 19.5 Å². The van der Waals surface area contributed by atoms with E-state index in [1.165, 1.54) is 16.9 Å². The zero-order valence-electron chi connectivity index (χ0n) is 16.3. The monoisotopic (exact) mass is 422 g/mol. The molecule has 3 heterocycles. The lowest BCUT2D eigenvalue weighted by atomic mass is 9.97. The molecule has 0 amide bonds. The fraction of sp³-hybridized carbons (Fsp3) is 0.318. The molecule has 29 heavy (non-hydrogen) atoms. The van der Waals surface area contributed by atoms with Crippen LogP contribution in [0.1, 0.15) is 36.0 Å². The minimum Gasteiger partial charge on any atom is -0.341 e. The van der Waals surface area contributed by atoms with Gasteiger partial charge in [0.25, 0.3) is 5.56 Å². The van der Waals surface area contributed by atoms with Crippen LogP contribution in [0, 0.1) is 0 Å². The van der Waals surface area contributed by atoms with E-state index < -0.39 is 0 Å². The maximum atomic E-state index is 13.4. The normalized spacial score (nSPS) is 13.8. The van der Waals surface area contributed by atoms with Crippen LogP contribution in [0.3, 0.4) is 0 Å². The molecule has 0 bridgehead atoms. The summed E-state index contributed by atoms with van der Waals surface area (Å²) in [6.45, 7) is 6.47. The number of thiophene rings is 1. The van der Waals surface area contributed by atoms with Crippen molar-refractivity contribution in [3.05, 3.63) is 63.0 Å². The molecule has 0 atom stereocenters. The average Bonchev–Trinajstić information content (AvgIpc) is 3.29. The lowest BCUT2D eigenvalue weighted by Gasteiger charge is -2.13. The second-order valence-corrected chi connectivity index (χ2v) is 9.65. The van der Waals surface area contributed by atoms with Gasteiger partial charge in [0.1, 0.15) is 10.7 Å². The molecule has 1 aliphatic rings. The predicted molar refractivity (Wildman–Crippen MR) is 121 cm³/mol. The first-order valence-corrected chi connectivity index (χ1v) is 11.7. The number of thioether (sulfide) groups is 1. The Hall–Kier alpha value is -2.38. The molecule has 0 spiro atoms. The van der Waals surface area contributed by atoms with E-state index in [1.807, 2.05) is 31.2 Å². The van der Waals surface area contributed by atoms with Crippen LogP contribution in [0.25, 0.3) is 21.3 Å². The lowest BCUT2D eigenvalue weighted by molar-refractivity contribution is 0.649. The summed E-state index contributed by atoms with van der Waals surface area (Å²) in [6.07, 6.45) is 4.41. The highest BCUT2D eigenvalue weighted by atomic mass is 32.2. The first-order chi connectivity index (χ1) is 14.1. The van der Waals surface area contributed by atoms with Gasteiger partial charge in [0.05, 0.1) is 22.2 Å². The molecule has 1 N–H and O–H groups in total. The summed E-state index contributed by atoms with van der Waals surface area (Å²) in [4.78, 5) is 28.6. The summed E-state index contributed by atoms with van der Waals surface area (Å²) in [5.41, 5.74) is 4.24. The second-order valence-electron chi connectivity index (χ2n) is 7.62. The number of aromatic amines is 1. The number of rotatable bonds is 5. The van der Waals surface area contributed by atoms with Crippen LogP contribution < -0.4 is 5.56 Å². The number of para-hydroxylation sites is 2. The summed E-state index contributed by atoms with van der Waals surface area (Å²) < 4.78 is 1.79. The zero-order chi connectivity index (χ0) is 20.0. The second kappa shape index (κ2) is 7.46. The van der Waals surface area contributed by atoms with E-state index in [2.05, 4.69) is 16.5 Å². The quantitative estimate of drug-likeness (QED) is 0.277. The minimum absolute atomic E-state index is 0.0736. The van der Waals surface area contributed by atoms with Crippen LogP contribution in [0.5, 0.6) is 0 Å². The van der Waals surface area contributed by atoms with E-state index in [1.54, 1.807) is 27.7 Å². The van der Waals surface area contributed by atoms with Crippen molar-refractivity contribution in [3.8, 4) is 0 Å². The molecule has 0 unspecified atom stereocenters. The number of hydrogen-bond donors (Lipinski definition) is 1. The third-order valence-electron chi connectivity index (χ3n) is 5.24. The predicted octanol–water partition coefficient (Wildman–Crippen LogP) is 5.08. The highest BCUT2D eigenvalue weighted by molar-refractivity contribution is 7.98. The topological polar surface area (TPSA) is 63.6 Å². The number of H-pyrrole nitrogens is 1. The summed E-state index contributed by atoms with van der Waals surface area (Å²) in [6, 6.07) is 8.00. The molecule has 5 rings (SSSR count). The molecule has 1 aromatic carbocycles. The fourth-order valence-electron chi connectivity index (χ4n) is 3.95. The SMILES string of the molecule is C=C(C)Cn1c(SCc2nc3ccccc3[nH]2)nc2sc3c(c2c1=O)CCCC3. The molecule has 4 aromatic rings. The van der Waals surface area contributed by atoms with Crippen molar-refractivity contribution in [3.63, 3.8) is 0 Å². The summed E-state index contributed by atoms with van der Waals surface area (Å²) in [5.74, 6) is 1.52. The fourth-order valence-corrected chi connectivity index (χ4v) is 6.12. The molecule has 148 valence electrons. The Labute approximate surface area is 176 Å². The van der Waals surface area contributed by atoms with E-state index in [-0.39, 0.29) is 5.56 Å². The molecule has 0 saturated heterocycles. The Morgan fingerprint density at radius 1 is 1.28 bits per heavy atom. The van der Waals surface area contributed by atoms with Gasteiger partial charge in [-0.2, -0.15) is 0 Å². The van der Waals surface area contributed by atoms with E-state index >= 15 is 0 Å². The Bertz CT molecular complexity index is 1260. The average molecular weight is 423 g/mol. The number of aromatic nitrogens is 4. The van der Waals surface area contributed by atoms with Crippen LogP contribution in [-0.4, -0.2) is 19.5 Å². The van der Waals surface area contributed by atoms with Crippen LogP contribution in [-0.2, 0) is 25.1 Å². The molecular weight excluding hydrogens is 400 g/mol. The number of hydrogen-bond acceptors (Lipinski definition) is 5. The van der Waals surface area contributed by atoms with Crippen molar-refractivity contribution < 1.29 is 0 Å². The number of aryl methyl sites for hydroxylation is 2. The Balaban J connectivity index is 1.56. The summed E-state index contributed by atoms with van der Waals surface area (Å²) in [7, 11) is 0. The molecule has 5 nitrogen and oxygen atoms in total. The van der Waals surface area contributed by atoms with Gasteiger partial charge in [-0.3, -0.25) is 9.36 Å². The molecular formula is C22H22N4OS2. The molecule has 7 heteroatoms. The van der Waals surface area contributed by atoms with Gasteiger partial charge in [0, 0.05) is 11.4 Å². The van der Waals surface area contributed by atoms with Crippen LogP contribution in [0.4, 0.5) is 0 Å². The zero-order valence-corrected chi connectivity index (χ0v) is 18.0. The molecule has 1 aliphatic carbocycles. The van der Waals surface area contributed by atoms with E-state index in [9.17, 15) is 4.79 Å². The van der Waals surface area contributed by atoms with Crippen molar-refractivity contribution in [2.24, 2.45) is 0 Å². The van der Waals surface area contributed by atoms with Gasteiger partial charge in [-0.05, 0) is 50.3 Å². The number of benzene rings is 1. The van der Waals surface area contributed by atoms with Gasteiger partial charge in [-0.1, -0.05) is 36.0 Å². The minimum atomic E-state index is 0.0736. The number of imidazole rings is 1. The highest BCUT2D eigenvalue weighted by Crippen LogP contribution is 2.35. The largest absolute Gasteiger partial charge is 0.341 e. The summed E-state index contributed by atoms with van der Waals surface area (Å²) in [5, 5.41) is 1.57. The van der Waals surface area contributed by atoms with Gasteiger partial charge in [0.2, 0.25) is 0 Å². The maximum absolute atomic E-state index is 13.4. The number of nitrogens with zero attached hydrogens (tertiary/aromatic N) is 3. The Kier molecular flexibility index (Phi) is 4.80. The third-order valence-corrected chi connectivity index (χ3v) is 7.42. The molecule has 0 aliphatic heterocycles. The van der Waals surface area contributed by atoms with Crippen molar-refractivity contribution in [2.75, 3.05) is 0 Å². The third kappa shape index (κ3) is 3.42. The van der Waals surface area contributed by atoms with Gasteiger partial charge in [-0.25, -0.2) is 9.97 Å². The van der Waals surface area contributed by atoms with E-state index in [0.29, 0.717) is 12.3 Å². The summed E-state index contributed by atoms with van der Waals surface area (Å²) >= 11 is 3.25. The number of allylic oxidation sites excluding steroid dienone is 1. The van der Waals surface area contributed by atoms with Crippen molar-refractivity contribution >= 4 is 44.3 Å². The maximum Gasteiger partial charge on any atom is 0.263 e. The van der Waals surface area contributed by atoms with Crippen molar-refractivity contribution in [1.29, 1.82) is 0 Å². The highest BCUT2D eigenvalue weighted by Gasteiger charge is 2.22. The Morgan fingerprint density at radius 2 is 2.10 bits per heavy atom. The smallest absolute Gasteiger partial charge is 0.263 e.